The molecule has 16 heteroatoms. The largest absolute Gasteiger partial charge is 0.480 e. The zero-order valence-corrected chi connectivity index (χ0v) is 35.1. The highest BCUT2D eigenvalue weighted by atomic mass is 19.1. The Bertz CT molecular complexity index is 2370. The fourth-order valence-electron chi connectivity index (χ4n) is 10.7. The summed E-state index contributed by atoms with van der Waals surface area (Å²) in [6, 6.07) is 6.74. The van der Waals surface area contributed by atoms with E-state index < -0.39 is 23.3 Å². The van der Waals surface area contributed by atoms with Gasteiger partial charge < -0.3 is 43.4 Å². The highest BCUT2D eigenvalue weighted by Gasteiger charge is 2.51. The van der Waals surface area contributed by atoms with Crippen molar-refractivity contribution in [2.24, 2.45) is 5.41 Å². The van der Waals surface area contributed by atoms with Crippen LogP contribution in [-0.2, 0) is 18.9 Å². The van der Waals surface area contributed by atoms with Crippen LogP contribution in [-0.4, -0.2) is 123 Å². The maximum Gasteiger partial charge on any atom is 0.408 e. The number of halogens is 2. The smallest absolute Gasteiger partial charge is 0.408 e. The summed E-state index contributed by atoms with van der Waals surface area (Å²) in [7, 11) is 2.90. The molecule has 0 bridgehead atoms. The van der Waals surface area contributed by atoms with Crippen molar-refractivity contribution >= 4 is 33.6 Å². The maximum absolute atomic E-state index is 17.8. The number of alkyl carbamates (subject to hydrolysis) is 1. The number of hydrogen-bond donors (Lipinski definition) is 1. The standard InChI is InChI=1S/C45H52F2N6O8/c1-6-31-33(46)11-10-28-19-30(59-25-55-4)20-32(35(28)31)38-37(47)39-36(41(49-38)56-5)40(52-15-16-57-24-45(22-52)21-48-43(54)61-45)51-42(50-39)58-23-44-12-7-9-34(44)53(14-8-13-44)29-17-26(2)60-27(3)18-29/h1,10-11,19-20,26-27,29,34H,7-9,12-18,21-25H2,2-5H3,(H,48,54)/t26-,27+,29?,34-,44-,45-/m1/s1. The zero-order chi connectivity index (χ0) is 42.5. The van der Waals surface area contributed by atoms with E-state index in [1.54, 1.807) is 18.2 Å². The SMILES string of the molecule is C#Cc1c(F)ccc2cc(OCOC)cc(-c3nc(OC)c4c(N5CCOC[C@@]6(CNC(=O)O6)C5)nc(OC[C@]56CCC[C@H]5N(C5C[C@@H](C)O[C@@H](C)C5)CCC6)nc4c3F)c12. The Morgan fingerprint density at radius 3 is 2.61 bits per heavy atom. The van der Waals surface area contributed by atoms with E-state index in [4.69, 9.17) is 54.5 Å². The summed E-state index contributed by atoms with van der Waals surface area (Å²) in [5.41, 5.74) is -1.42. The molecule has 4 aromatic rings. The van der Waals surface area contributed by atoms with Gasteiger partial charge in [-0.1, -0.05) is 18.4 Å². The molecule has 5 fully saturated rings. The minimum Gasteiger partial charge on any atom is -0.480 e. The Morgan fingerprint density at radius 1 is 1.03 bits per heavy atom. The van der Waals surface area contributed by atoms with Gasteiger partial charge in [-0.25, -0.2) is 18.6 Å². The van der Waals surface area contributed by atoms with Crippen molar-refractivity contribution in [1.29, 1.82) is 0 Å². The van der Waals surface area contributed by atoms with Gasteiger partial charge in [0.2, 0.25) is 5.88 Å². The lowest BCUT2D eigenvalue weighted by Crippen LogP contribution is -2.57. The van der Waals surface area contributed by atoms with E-state index in [0.29, 0.717) is 36.4 Å². The molecule has 61 heavy (non-hydrogen) atoms. The van der Waals surface area contributed by atoms with E-state index >= 15 is 8.78 Å². The minimum atomic E-state index is -1.04. The normalized spacial score (nSPS) is 28.0. The molecule has 1 saturated carbocycles. The fourth-order valence-corrected chi connectivity index (χ4v) is 10.7. The van der Waals surface area contributed by atoms with Crippen LogP contribution in [0.3, 0.4) is 0 Å². The van der Waals surface area contributed by atoms with Crippen molar-refractivity contribution in [1.82, 2.24) is 25.2 Å². The third-order valence-electron chi connectivity index (χ3n) is 13.2. The van der Waals surface area contributed by atoms with Crippen molar-refractivity contribution in [3.05, 3.63) is 41.5 Å². The number of nitrogens with zero attached hydrogens (tertiary/aromatic N) is 5. The van der Waals surface area contributed by atoms with Crippen molar-refractivity contribution in [3.63, 3.8) is 0 Å². The molecule has 1 unspecified atom stereocenters. The molecule has 6 heterocycles. The second-order valence-corrected chi connectivity index (χ2v) is 17.2. The molecule has 2 aromatic heterocycles. The Hall–Kier alpha value is -5.08. The van der Waals surface area contributed by atoms with Gasteiger partial charge in [0.15, 0.2) is 18.2 Å². The van der Waals surface area contributed by atoms with Crippen LogP contribution in [0.4, 0.5) is 19.4 Å². The van der Waals surface area contributed by atoms with Crippen molar-refractivity contribution < 1.29 is 46.7 Å². The lowest BCUT2D eigenvalue weighted by Gasteiger charge is -2.51. The van der Waals surface area contributed by atoms with Crippen molar-refractivity contribution in [2.45, 2.75) is 88.7 Å². The Morgan fingerprint density at radius 2 is 1.85 bits per heavy atom. The summed E-state index contributed by atoms with van der Waals surface area (Å²) in [6.07, 6.45) is 12.9. The van der Waals surface area contributed by atoms with Crippen molar-refractivity contribution in [3.8, 4) is 41.2 Å². The Kier molecular flexibility index (Phi) is 11.3. The van der Waals surface area contributed by atoms with Gasteiger partial charge in [0.1, 0.15) is 34.0 Å². The summed E-state index contributed by atoms with van der Waals surface area (Å²) in [4.78, 5) is 31.5. The number of carbonyl (C=O) groups excluding carboxylic acids is 1. The summed E-state index contributed by atoms with van der Waals surface area (Å²) in [6.45, 7) is 6.70. The molecular weight excluding hydrogens is 791 g/mol. The molecule has 4 saturated heterocycles. The van der Waals surface area contributed by atoms with Crippen LogP contribution in [0.1, 0.15) is 64.4 Å². The number of methoxy groups -OCH3 is 2. The summed E-state index contributed by atoms with van der Waals surface area (Å²) < 4.78 is 74.6. The summed E-state index contributed by atoms with van der Waals surface area (Å²) in [5.74, 6) is 1.55. The molecule has 1 aliphatic carbocycles. The van der Waals surface area contributed by atoms with Gasteiger partial charge in [-0.15, -0.1) is 6.42 Å². The average molecular weight is 843 g/mol. The van der Waals surface area contributed by atoms with Gasteiger partial charge in [-0.3, -0.25) is 4.90 Å². The molecule has 5 aliphatic rings. The predicted octanol–water partition coefficient (Wildman–Crippen LogP) is 6.38. The number of benzene rings is 2. The molecule has 0 radical (unpaired) electrons. The van der Waals surface area contributed by atoms with Crippen LogP contribution < -0.4 is 24.4 Å². The molecule has 14 nitrogen and oxygen atoms in total. The number of hydrogen-bond acceptors (Lipinski definition) is 13. The predicted molar refractivity (Wildman–Crippen MR) is 222 cm³/mol. The summed E-state index contributed by atoms with van der Waals surface area (Å²) in [5, 5.41) is 3.68. The van der Waals surface area contributed by atoms with Crippen LogP contribution in [0.15, 0.2) is 24.3 Å². The van der Waals surface area contributed by atoms with Gasteiger partial charge in [-0.05, 0) is 82.5 Å². The molecule has 2 aromatic carbocycles. The number of nitrogens with one attached hydrogen (secondary N) is 1. The number of fused-ring (bicyclic) bond motifs is 3. The van der Waals surface area contributed by atoms with Crippen LogP contribution in [0.5, 0.6) is 17.6 Å². The van der Waals surface area contributed by atoms with Crippen LogP contribution in [0.2, 0.25) is 0 Å². The summed E-state index contributed by atoms with van der Waals surface area (Å²) >= 11 is 0. The second kappa shape index (κ2) is 16.7. The fraction of sp³-hybridized carbons (Fsp3) is 0.556. The first-order valence-electron chi connectivity index (χ1n) is 21.2. The number of amides is 1. The molecule has 1 spiro atoms. The van der Waals surface area contributed by atoms with Gasteiger partial charge >= 0.3 is 12.1 Å². The van der Waals surface area contributed by atoms with E-state index in [9.17, 15) is 4.79 Å². The van der Waals surface area contributed by atoms with E-state index in [1.165, 1.54) is 20.3 Å². The zero-order valence-electron chi connectivity index (χ0n) is 35.1. The number of anilines is 1. The van der Waals surface area contributed by atoms with Crippen LogP contribution in [0, 0.1) is 29.4 Å². The minimum absolute atomic E-state index is 0.000946. The molecule has 6 atom stereocenters. The number of piperidine rings is 1. The molecule has 4 aliphatic heterocycles. The maximum atomic E-state index is 17.8. The Balaban J connectivity index is 1.18. The van der Waals surface area contributed by atoms with E-state index in [2.05, 4.69) is 30.0 Å². The number of ether oxygens (including phenoxy) is 7. The number of likely N-dealkylation sites (tertiary alicyclic amines) is 1. The molecule has 9 rings (SSSR count). The Labute approximate surface area is 353 Å². The molecule has 1 N–H and O–H groups in total. The lowest BCUT2D eigenvalue weighted by atomic mass is 9.74. The quantitative estimate of drug-likeness (QED) is 0.140. The first kappa shape index (κ1) is 41.3. The number of pyridine rings is 1. The number of carbonyl (C=O) groups is 1. The first-order valence-corrected chi connectivity index (χ1v) is 21.2. The van der Waals surface area contributed by atoms with E-state index in [-0.39, 0.29) is 102 Å². The highest BCUT2D eigenvalue weighted by molar-refractivity contribution is 6.04. The van der Waals surface area contributed by atoms with Crippen molar-refractivity contribution in [2.75, 3.05) is 71.9 Å². The topological polar surface area (TPSA) is 139 Å². The van der Waals surface area contributed by atoms with Gasteiger partial charge in [0.05, 0.1) is 57.8 Å². The van der Waals surface area contributed by atoms with Gasteiger partial charge in [-0.2, -0.15) is 9.97 Å². The van der Waals surface area contributed by atoms with Crippen LogP contribution in [0.25, 0.3) is 32.9 Å². The number of aromatic nitrogens is 3. The third-order valence-corrected chi connectivity index (χ3v) is 13.2. The van der Waals surface area contributed by atoms with Gasteiger partial charge in [0.25, 0.3) is 0 Å². The number of terminal acetylenes is 1. The highest BCUT2D eigenvalue weighted by Crippen LogP contribution is 2.50. The molecule has 324 valence electrons. The first-order chi connectivity index (χ1) is 29.5. The van der Waals surface area contributed by atoms with E-state index in [1.807, 2.05) is 4.90 Å². The molecular formula is C45H52F2N6O8. The third kappa shape index (κ3) is 7.64. The number of rotatable bonds is 10. The monoisotopic (exact) mass is 842 g/mol. The van der Waals surface area contributed by atoms with E-state index in [0.717, 1.165) is 51.5 Å². The lowest BCUT2D eigenvalue weighted by molar-refractivity contribution is -0.0967. The second-order valence-electron chi connectivity index (χ2n) is 17.2. The van der Waals surface area contributed by atoms with Crippen LogP contribution >= 0.6 is 0 Å². The molecule has 1 amide bonds. The average Bonchev–Trinajstić information content (AvgIpc) is 3.79. The van der Waals surface area contributed by atoms with Gasteiger partial charge in [0, 0.05) is 42.1 Å².